The molecule has 0 aromatic heterocycles. The Bertz CT molecular complexity index is 270. The van der Waals surface area contributed by atoms with E-state index in [0.29, 0.717) is 12.3 Å². The van der Waals surface area contributed by atoms with Gasteiger partial charge in [0.15, 0.2) is 0 Å². The standard InChI is InChI=1S/C11H20N2O3/c1-11(2,10(15)16)13-9(14)6-8-4-3-5-12-7-8/h8,12H,3-7H2,1-2H3,(H,13,14)(H,15,16). The summed E-state index contributed by atoms with van der Waals surface area (Å²) in [5.74, 6) is -0.859. The second-order valence-corrected chi connectivity index (χ2v) is 4.89. The summed E-state index contributed by atoms with van der Waals surface area (Å²) in [4.78, 5) is 22.5. The number of rotatable bonds is 4. The number of aliphatic carboxylic acids is 1. The molecule has 0 spiro atoms. The van der Waals surface area contributed by atoms with E-state index in [-0.39, 0.29) is 5.91 Å². The molecule has 1 atom stereocenters. The molecule has 3 N–H and O–H groups in total. The minimum Gasteiger partial charge on any atom is -0.480 e. The third kappa shape index (κ3) is 3.81. The molecule has 1 rings (SSSR count). The van der Waals surface area contributed by atoms with Gasteiger partial charge in [0.25, 0.3) is 0 Å². The molecule has 1 aliphatic heterocycles. The molecule has 5 heteroatoms. The molecule has 1 unspecified atom stereocenters. The highest BCUT2D eigenvalue weighted by molar-refractivity contribution is 5.86. The summed E-state index contributed by atoms with van der Waals surface area (Å²) >= 11 is 0. The summed E-state index contributed by atoms with van der Waals surface area (Å²) in [6.07, 6.45) is 2.53. The zero-order valence-electron chi connectivity index (χ0n) is 9.88. The first kappa shape index (κ1) is 13.0. The number of hydrogen-bond donors (Lipinski definition) is 3. The zero-order chi connectivity index (χ0) is 12.2. The predicted octanol–water partition coefficient (Wildman–Crippen LogP) is 0.355. The van der Waals surface area contributed by atoms with Crippen LogP contribution in [0.1, 0.15) is 33.1 Å². The topological polar surface area (TPSA) is 78.4 Å². The maximum absolute atomic E-state index is 11.6. The first-order valence-electron chi connectivity index (χ1n) is 5.67. The molecular formula is C11H20N2O3. The molecule has 0 bridgehead atoms. The Hall–Kier alpha value is -1.10. The van der Waals surface area contributed by atoms with Crippen LogP contribution in [-0.4, -0.2) is 35.6 Å². The minimum atomic E-state index is -1.18. The molecule has 1 amide bonds. The molecule has 0 radical (unpaired) electrons. The summed E-state index contributed by atoms with van der Waals surface area (Å²) in [7, 11) is 0. The van der Waals surface area contributed by atoms with Crippen molar-refractivity contribution in [3.63, 3.8) is 0 Å². The molecule has 1 aliphatic rings. The Morgan fingerprint density at radius 3 is 2.69 bits per heavy atom. The summed E-state index contributed by atoms with van der Waals surface area (Å²) in [6, 6.07) is 0. The number of nitrogens with one attached hydrogen (secondary N) is 2. The molecular weight excluding hydrogens is 208 g/mol. The highest BCUT2D eigenvalue weighted by Crippen LogP contribution is 2.14. The molecule has 0 aliphatic carbocycles. The maximum atomic E-state index is 11.6. The van der Waals surface area contributed by atoms with Crippen LogP contribution in [-0.2, 0) is 9.59 Å². The number of carboxylic acid groups (broad SMARTS) is 1. The van der Waals surface area contributed by atoms with Crippen molar-refractivity contribution in [2.45, 2.75) is 38.6 Å². The van der Waals surface area contributed by atoms with Crippen LogP contribution in [0.3, 0.4) is 0 Å². The lowest BCUT2D eigenvalue weighted by atomic mass is 9.95. The SMILES string of the molecule is CC(C)(NC(=O)CC1CCCNC1)C(=O)O. The number of carbonyl (C=O) groups excluding carboxylic acids is 1. The van der Waals surface area contributed by atoms with E-state index >= 15 is 0 Å². The van der Waals surface area contributed by atoms with Crippen LogP contribution in [0.4, 0.5) is 0 Å². The number of piperidine rings is 1. The van der Waals surface area contributed by atoms with Crippen LogP contribution in [0.2, 0.25) is 0 Å². The summed E-state index contributed by atoms with van der Waals surface area (Å²) in [5, 5.41) is 14.6. The quantitative estimate of drug-likeness (QED) is 0.649. The van der Waals surface area contributed by atoms with Crippen LogP contribution in [0.15, 0.2) is 0 Å². The second kappa shape index (κ2) is 5.30. The first-order chi connectivity index (χ1) is 7.42. The highest BCUT2D eigenvalue weighted by atomic mass is 16.4. The van der Waals surface area contributed by atoms with Crippen molar-refractivity contribution in [2.75, 3.05) is 13.1 Å². The Morgan fingerprint density at radius 1 is 1.50 bits per heavy atom. The van der Waals surface area contributed by atoms with Gasteiger partial charge in [-0.1, -0.05) is 0 Å². The average molecular weight is 228 g/mol. The monoisotopic (exact) mass is 228 g/mol. The Kier molecular flexibility index (Phi) is 4.29. The smallest absolute Gasteiger partial charge is 0.328 e. The van der Waals surface area contributed by atoms with Crippen molar-refractivity contribution in [1.29, 1.82) is 0 Å². The van der Waals surface area contributed by atoms with E-state index in [4.69, 9.17) is 5.11 Å². The molecule has 0 saturated carbocycles. The summed E-state index contributed by atoms with van der Waals surface area (Å²) in [5.41, 5.74) is -1.18. The van der Waals surface area contributed by atoms with Gasteiger partial charge in [0.1, 0.15) is 5.54 Å². The fourth-order valence-corrected chi connectivity index (χ4v) is 1.81. The fourth-order valence-electron chi connectivity index (χ4n) is 1.81. The third-order valence-electron chi connectivity index (χ3n) is 2.86. The zero-order valence-corrected chi connectivity index (χ0v) is 9.88. The maximum Gasteiger partial charge on any atom is 0.328 e. The highest BCUT2D eigenvalue weighted by Gasteiger charge is 2.29. The normalized spacial score (nSPS) is 21.5. The molecule has 0 aromatic rings. The molecule has 1 heterocycles. The Labute approximate surface area is 95.6 Å². The summed E-state index contributed by atoms with van der Waals surface area (Å²) < 4.78 is 0. The Balaban J connectivity index is 2.37. The number of amides is 1. The van der Waals surface area contributed by atoms with Crippen molar-refractivity contribution in [1.82, 2.24) is 10.6 Å². The van der Waals surface area contributed by atoms with Crippen molar-refractivity contribution >= 4 is 11.9 Å². The summed E-state index contributed by atoms with van der Waals surface area (Å²) in [6.45, 7) is 4.85. The molecule has 1 fully saturated rings. The second-order valence-electron chi connectivity index (χ2n) is 4.89. The largest absolute Gasteiger partial charge is 0.480 e. The molecule has 92 valence electrons. The number of hydrogen-bond acceptors (Lipinski definition) is 3. The Morgan fingerprint density at radius 2 is 2.19 bits per heavy atom. The predicted molar refractivity (Wildman–Crippen MR) is 60.1 cm³/mol. The van der Waals surface area contributed by atoms with Crippen LogP contribution in [0.5, 0.6) is 0 Å². The lowest BCUT2D eigenvalue weighted by molar-refractivity contribution is -0.146. The van der Waals surface area contributed by atoms with E-state index < -0.39 is 11.5 Å². The molecule has 16 heavy (non-hydrogen) atoms. The lowest BCUT2D eigenvalue weighted by Gasteiger charge is -2.25. The van der Waals surface area contributed by atoms with Gasteiger partial charge < -0.3 is 15.7 Å². The minimum absolute atomic E-state index is 0.180. The van der Waals surface area contributed by atoms with Gasteiger partial charge in [-0.25, -0.2) is 4.79 Å². The van der Waals surface area contributed by atoms with Crippen molar-refractivity contribution < 1.29 is 14.7 Å². The van der Waals surface area contributed by atoms with Crippen LogP contribution in [0, 0.1) is 5.92 Å². The van der Waals surface area contributed by atoms with Crippen LogP contribution in [0.25, 0.3) is 0 Å². The van der Waals surface area contributed by atoms with E-state index in [0.717, 1.165) is 25.9 Å². The van der Waals surface area contributed by atoms with Crippen LogP contribution >= 0.6 is 0 Å². The van der Waals surface area contributed by atoms with Gasteiger partial charge in [-0.05, 0) is 45.7 Å². The van der Waals surface area contributed by atoms with E-state index in [1.165, 1.54) is 13.8 Å². The van der Waals surface area contributed by atoms with Gasteiger partial charge in [0.05, 0.1) is 0 Å². The van der Waals surface area contributed by atoms with E-state index in [1.807, 2.05) is 0 Å². The average Bonchev–Trinajstić information content (AvgIpc) is 2.17. The molecule has 5 nitrogen and oxygen atoms in total. The lowest BCUT2D eigenvalue weighted by Crippen LogP contribution is -2.50. The van der Waals surface area contributed by atoms with E-state index in [1.54, 1.807) is 0 Å². The van der Waals surface area contributed by atoms with Crippen molar-refractivity contribution in [3.8, 4) is 0 Å². The molecule has 0 aromatic carbocycles. The van der Waals surface area contributed by atoms with Gasteiger partial charge in [-0.2, -0.15) is 0 Å². The van der Waals surface area contributed by atoms with Gasteiger partial charge in [-0.3, -0.25) is 4.79 Å². The van der Waals surface area contributed by atoms with E-state index in [2.05, 4.69) is 10.6 Å². The fraction of sp³-hybridized carbons (Fsp3) is 0.818. The van der Waals surface area contributed by atoms with Crippen molar-refractivity contribution in [3.05, 3.63) is 0 Å². The van der Waals surface area contributed by atoms with E-state index in [9.17, 15) is 9.59 Å². The van der Waals surface area contributed by atoms with Gasteiger partial charge in [0, 0.05) is 6.42 Å². The van der Waals surface area contributed by atoms with Gasteiger partial charge >= 0.3 is 5.97 Å². The number of carboxylic acids is 1. The first-order valence-corrected chi connectivity index (χ1v) is 5.67. The third-order valence-corrected chi connectivity index (χ3v) is 2.86. The number of carbonyl (C=O) groups is 2. The van der Waals surface area contributed by atoms with Crippen LogP contribution < -0.4 is 10.6 Å². The molecule has 1 saturated heterocycles. The van der Waals surface area contributed by atoms with Gasteiger partial charge in [0.2, 0.25) is 5.91 Å². The van der Waals surface area contributed by atoms with Crippen molar-refractivity contribution in [2.24, 2.45) is 5.92 Å². The van der Waals surface area contributed by atoms with Gasteiger partial charge in [-0.15, -0.1) is 0 Å².